The molecule has 2 atom stereocenters. The van der Waals surface area contributed by atoms with E-state index in [1.54, 1.807) is 18.5 Å². The molecular weight excluding hydrogens is 797 g/mol. The Hall–Kier alpha value is -6.03. The molecule has 4 saturated heterocycles. The van der Waals surface area contributed by atoms with Crippen LogP contribution in [0, 0.1) is 11.8 Å². The average molecular weight is 851 g/mol. The van der Waals surface area contributed by atoms with Gasteiger partial charge in [0.05, 0.1) is 34.1 Å². The predicted molar refractivity (Wildman–Crippen MR) is 238 cm³/mol. The molecule has 3 N–H and O–H groups in total. The third kappa shape index (κ3) is 8.44. The van der Waals surface area contributed by atoms with Crippen LogP contribution in [0.15, 0.2) is 84.1 Å². The van der Waals surface area contributed by atoms with Gasteiger partial charge in [0.1, 0.15) is 29.7 Å². The molecular formula is C48H54N10O5. The van der Waals surface area contributed by atoms with Gasteiger partial charge in [0, 0.05) is 63.5 Å². The topological polar surface area (TPSA) is 170 Å². The zero-order chi connectivity index (χ0) is 43.0. The minimum atomic E-state index is -0.958. The maximum absolute atomic E-state index is 13.4. The number of anilines is 2. The molecule has 10 rings (SSSR count). The van der Waals surface area contributed by atoms with Gasteiger partial charge < -0.3 is 25.2 Å². The molecule has 3 aromatic carbocycles. The van der Waals surface area contributed by atoms with E-state index in [2.05, 4.69) is 29.9 Å². The first-order chi connectivity index (χ1) is 30.8. The summed E-state index contributed by atoms with van der Waals surface area (Å²) >= 11 is 0. The second kappa shape index (κ2) is 17.6. The largest absolute Gasteiger partial charge is 0.457 e. The number of para-hydroxylation sites is 1. The molecule has 2 unspecified atom stereocenters. The highest BCUT2D eigenvalue weighted by atomic mass is 16.5. The van der Waals surface area contributed by atoms with Gasteiger partial charge in [-0.05, 0) is 125 Å². The fourth-order valence-electron chi connectivity index (χ4n) is 10.4. The summed E-state index contributed by atoms with van der Waals surface area (Å²) in [7, 11) is 0. The van der Waals surface area contributed by atoms with E-state index in [1.165, 1.54) is 12.8 Å². The molecule has 63 heavy (non-hydrogen) atoms. The number of aliphatic imine (C=N–C) groups is 1. The molecule has 15 heteroatoms. The molecule has 6 aliphatic rings. The van der Waals surface area contributed by atoms with Crippen LogP contribution in [0.2, 0.25) is 0 Å². The van der Waals surface area contributed by atoms with Crippen molar-refractivity contribution in [3.63, 3.8) is 0 Å². The van der Waals surface area contributed by atoms with Crippen molar-refractivity contribution in [2.24, 2.45) is 16.8 Å². The number of piperidine rings is 3. The molecule has 4 aromatic rings. The monoisotopic (exact) mass is 850 g/mol. The number of nitrogens with zero attached hydrogens (tertiary/aromatic N) is 8. The standard InChI is InChI=1S/C48H54N10O5/c49-45-41-42(32-6-9-36(10-7-32)63-35-4-2-1-3-5-35)53-43(44(41)50-30-51-45)33-16-20-55(21-17-33)23-22-54-18-14-31(15-19-54)29-56-24-26-57(27-25-56)34-8-11-37-38(28-34)48(62)58(47(37)61)39-12-13-40(59)52-46(39)60/h1-11,28,30-31,33,39,43H,12-27,29H2,(H2,49,50,51)(H,52,59,60). The SMILES string of the molecule is Nc1ncnc2c1C(c1ccc(Oc3ccccc3)cc1)=NC2C1CCN(CCN2CCC(CN3CCN(c4ccc5c(c4)C(=O)N(C4CCC(=O)NC4=O)C5=O)CC3)CC2)CC1. The Morgan fingerprint density at radius 3 is 2.10 bits per heavy atom. The summed E-state index contributed by atoms with van der Waals surface area (Å²) in [5.74, 6) is 1.20. The fraction of sp³-hybridized carbons (Fsp3) is 0.438. The number of carbonyl (C=O) groups is 4. The molecule has 0 saturated carbocycles. The zero-order valence-electron chi connectivity index (χ0n) is 35.5. The summed E-state index contributed by atoms with van der Waals surface area (Å²) in [5.41, 5.74) is 11.7. The van der Waals surface area contributed by atoms with Crippen LogP contribution in [0.3, 0.4) is 0 Å². The highest BCUT2D eigenvalue weighted by Crippen LogP contribution is 2.42. The molecule has 0 spiro atoms. The predicted octanol–water partition coefficient (Wildman–Crippen LogP) is 4.39. The number of rotatable bonds is 11. The first-order valence-electron chi connectivity index (χ1n) is 22.6. The van der Waals surface area contributed by atoms with Crippen LogP contribution in [-0.4, -0.2) is 137 Å². The van der Waals surface area contributed by atoms with Crippen molar-refractivity contribution in [1.29, 1.82) is 0 Å². The van der Waals surface area contributed by atoms with Gasteiger partial charge in [-0.25, -0.2) is 9.97 Å². The quantitative estimate of drug-likeness (QED) is 0.205. The summed E-state index contributed by atoms with van der Waals surface area (Å²) < 4.78 is 6.03. The van der Waals surface area contributed by atoms with Gasteiger partial charge in [-0.3, -0.25) is 39.3 Å². The second-order valence-corrected chi connectivity index (χ2v) is 17.8. The molecule has 4 amide bonds. The Kier molecular flexibility index (Phi) is 11.5. The smallest absolute Gasteiger partial charge is 0.262 e. The van der Waals surface area contributed by atoms with Crippen molar-refractivity contribution in [3.05, 3.63) is 107 Å². The number of aromatic nitrogens is 2. The lowest BCUT2D eigenvalue weighted by Crippen LogP contribution is -2.54. The van der Waals surface area contributed by atoms with Crippen LogP contribution >= 0.6 is 0 Å². The van der Waals surface area contributed by atoms with E-state index in [0.29, 0.717) is 28.8 Å². The minimum Gasteiger partial charge on any atom is -0.457 e. The first kappa shape index (κ1) is 41.0. The number of fused-ring (bicyclic) bond motifs is 2. The first-order valence-corrected chi connectivity index (χ1v) is 22.6. The molecule has 4 fully saturated rings. The highest BCUT2D eigenvalue weighted by Gasteiger charge is 2.45. The van der Waals surface area contributed by atoms with E-state index in [9.17, 15) is 19.2 Å². The van der Waals surface area contributed by atoms with Crippen LogP contribution < -0.4 is 20.7 Å². The maximum Gasteiger partial charge on any atom is 0.262 e. The van der Waals surface area contributed by atoms with Gasteiger partial charge in [0.15, 0.2) is 0 Å². The molecule has 326 valence electrons. The van der Waals surface area contributed by atoms with Gasteiger partial charge >= 0.3 is 0 Å². The number of carbonyl (C=O) groups excluding carboxylic acids is 4. The number of ether oxygens (including phenoxy) is 1. The molecule has 1 aromatic heterocycles. The number of piperazine rings is 1. The van der Waals surface area contributed by atoms with Crippen LogP contribution in [-0.2, 0) is 9.59 Å². The fourth-order valence-corrected chi connectivity index (χ4v) is 10.4. The van der Waals surface area contributed by atoms with Gasteiger partial charge in [-0.2, -0.15) is 0 Å². The normalized spacial score (nSPS) is 22.9. The van der Waals surface area contributed by atoms with E-state index in [4.69, 9.17) is 20.4 Å². The molecule has 0 bridgehead atoms. The van der Waals surface area contributed by atoms with Crippen LogP contribution in [0.25, 0.3) is 0 Å². The van der Waals surface area contributed by atoms with Crippen molar-refractivity contribution >= 4 is 40.8 Å². The van der Waals surface area contributed by atoms with Crippen LogP contribution in [0.4, 0.5) is 11.5 Å². The van der Waals surface area contributed by atoms with Crippen molar-refractivity contribution in [2.45, 2.75) is 50.6 Å². The summed E-state index contributed by atoms with van der Waals surface area (Å²) in [6, 6.07) is 22.2. The van der Waals surface area contributed by atoms with Crippen molar-refractivity contribution in [1.82, 2.24) is 34.9 Å². The lowest BCUT2D eigenvalue weighted by molar-refractivity contribution is -0.136. The van der Waals surface area contributed by atoms with E-state index in [1.807, 2.05) is 60.7 Å². The van der Waals surface area contributed by atoms with Gasteiger partial charge in [0.2, 0.25) is 11.8 Å². The van der Waals surface area contributed by atoms with Gasteiger partial charge in [0.25, 0.3) is 11.8 Å². The Morgan fingerprint density at radius 2 is 1.38 bits per heavy atom. The second-order valence-electron chi connectivity index (χ2n) is 17.8. The summed E-state index contributed by atoms with van der Waals surface area (Å²) in [6.45, 7) is 11.2. The Morgan fingerprint density at radius 1 is 0.698 bits per heavy atom. The maximum atomic E-state index is 13.4. The number of amides is 4. The Balaban J connectivity index is 0.659. The van der Waals surface area contributed by atoms with Crippen LogP contribution in [0.5, 0.6) is 11.5 Å². The van der Waals surface area contributed by atoms with Gasteiger partial charge in [-0.15, -0.1) is 0 Å². The average Bonchev–Trinajstić information content (AvgIpc) is 3.82. The lowest BCUT2D eigenvalue weighted by Gasteiger charge is -2.40. The Labute approximate surface area is 367 Å². The van der Waals surface area contributed by atoms with Crippen molar-refractivity contribution in [3.8, 4) is 11.5 Å². The van der Waals surface area contributed by atoms with E-state index in [-0.39, 0.29) is 24.8 Å². The molecule has 0 aliphatic carbocycles. The number of hydrogen-bond acceptors (Lipinski definition) is 13. The van der Waals surface area contributed by atoms with E-state index < -0.39 is 23.8 Å². The number of nitrogen functional groups attached to an aromatic ring is 1. The van der Waals surface area contributed by atoms with Gasteiger partial charge in [-0.1, -0.05) is 18.2 Å². The molecule has 0 radical (unpaired) electrons. The number of hydrogen-bond donors (Lipinski definition) is 2. The van der Waals surface area contributed by atoms with Crippen molar-refractivity contribution < 1.29 is 23.9 Å². The Bertz CT molecular complexity index is 2400. The number of imide groups is 2. The van der Waals surface area contributed by atoms with Crippen molar-refractivity contribution in [2.75, 3.05) is 82.6 Å². The lowest BCUT2D eigenvalue weighted by atomic mass is 9.87. The number of likely N-dealkylation sites (tertiary alicyclic amines) is 2. The number of nitrogens with two attached hydrogens (primary N) is 1. The third-order valence-corrected chi connectivity index (χ3v) is 14.0. The van der Waals surface area contributed by atoms with E-state index >= 15 is 0 Å². The number of nitrogens with one attached hydrogen (secondary N) is 1. The third-order valence-electron chi connectivity index (χ3n) is 14.0. The van der Waals surface area contributed by atoms with E-state index in [0.717, 1.165) is 129 Å². The molecule has 15 nitrogen and oxygen atoms in total. The molecule has 6 aliphatic heterocycles. The molecule has 7 heterocycles. The van der Waals surface area contributed by atoms with Crippen LogP contribution in [0.1, 0.15) is 82.1 Å². The summed E-state index contributed by atoms with van der Waals surface area (Å²) in [4.78, 5) is 76.2. The number of benzene rings is 3. The highest BCUT2D eigenvalue weighted by molar-refractivity contribution is 6.24. The summed E-state index contributed by atoms with van der Waals surface area (Å²) in [5, 5.41) is 2.26. The zero-order valence-corrected chi connectivity index (χ0v) is 35.5. The minimum absolute atomic E-state index is 0.0266. The summed E-state index contributed by atoms with van der Waals surface area (Å²) in [6.07, 6.45) is 6.38.